The summed E-state index contributed by atoms with van der Waals surface area (Å²) in [4.78, 5) is 7.79. The molecule has 4 aromatic rings. The lowest BCUT2D eigenvalue weighted by molar-refractivity contribution is 0.416. The first kappa shape index (κ1) is 12.0. The van der Waals surface area contributed by atoms with Gasteiger partial charge in [0.1, 0.15) is 5.75 Å². The summed E-state index contributed by atoms with van der Waals surface area (Å²) in [6.07, 6.45) is 1.79. The summed E-state index contributed by atoms with van der Waals surface area (Å²) in [6, 6.07) is 19.5. The van der Waals surface area contributed by atoms with Gasteiger partial charge in [0.05, 0.1) is 24.4 Å². The molecule has 0 bridgehead atoms. The molecule has 0 saturated heterocycles. The Bertz CT molecular complexity index is 926. The molecular formula is C18H13N2O. The topological polar surface area (TPSA) is 37.9 Å². The number of benzene rings is 2. The minimum absolute atomic E-state index is 0.702. The number of pyridine rings is 1. The Kier molecular flexibility index (Phi) is 2.64. The molecule has 3 heteroatoms. The van der Waals surface area contributed by atoms with Crippen molar-refractivity contribution in [3.63, 3.8) is 0 Å². The molecular weight excluding hydrogens is 260 g/mol. The number of rotatable bonds is 2. The van der Waals surface area contributed by atoms with Crippen LogP contribution in [0.3, 0.4) is 0 Å². The molecule has 1 radical (unpaired) electrons. The number of methoxy groups -OCH3 is 1. The van der Waals surface area contributed by atoms with E-state index in [9.17, 15) is 0 Å². The van der Waals surface area contributed by atoms with E-state index in [0.717, 1.165) is 27.7 Å². The number of H-pyrrole nitrogens is 1. The normalized spacial score (nSPS) is 11.1. The van der Waals surface area contributed by atoms with Crippen LogP contribution >= 0.6 is 0 Å². The Morgan fingerprint density at radius 1 is 1.05 bits per heavy atom. The van der Waals surface area contributed by atoms with Gasteiger partial charge >= 0.3 is 0 Å². The van der Waals surface area contributed by atoms with E-state index in [2.05, 4.69) is 34.2 Å². The largest absolute Gasteiger partial charge is 0.495 e. The van der Waals surface area contributed by atoms with Crippen LogP contribution in [-0.4, -0.2) is 17.1 Å². The number of nitrogens with one attached hydrogen (secondary N) is 1. The average Bonchev–Trinajstić information content (AvgIpc) is 2.92. The van der Waals surface area contributed by atoms with Crippen LogP contribution in [0.25, 0.3) is 33.1 Å². The maximum absolute atomic E-state index is 5.49. The van der Waals surface area contributed by atoms with Crippen molar-refractivity contribution in [3.05, 3.63) is 60.8 Å². The Hall–Kier alpha value is -2.81. The molecule has 0 atom stereocenters. The van der Waals surface area contributed by atoms with Crippen molar-refractivity contribution >= 4 is 21.8 Å². The van der Waals surface area contributed by atoms with Crippen molar-refractivity contribution in [3.8, 4) is 17.0 Å². The lowest BCUT2D eigenvalue weighted by Gasteiger charge is -2.08. The Morgan fingerprint density at radius 2 is 1.90 bits per heavy atom. The van der Waals surface area contributed by atoms with Crippen molar-refractivity contribution in [1.82, 2.24) is 9.97 Å². The lowest BCUT2D eigenvalue weighted by atomic mass is 10.1. The van der Waals surface area contributed by atoms with Crippen LogP contribution in [-0.2, 0) is 0 Å². The standard InChI is InChI=1S/C18H13N2O/c1-21-18-11-17-13(12-6-2-3-8-16(12)20-17)10-14(18)15-7-4-5-9-19-15/h2-10,20H,1H3. The van der Waals surface area contributed by atoms with Gasteiger partial charge in [-0.1, -0.05) is 24.3 Å². The molecule has 0 fully saturated rings. The van der Waals surface area contributed by atoms with Gasteiger partial charge in [0.2, 0.25) is 0 Å². The highest BCUT2D eigenvalue weighted by Gasteiger charge is 2.12. The first-order chi connectivity index (χ1) is 10.4. The zero-order valence-electron chi connectivity index (χ0n) is 11.6. The monoisotopic (exact) mass is 273 g/mol. The number of para-hydroxylation sites is 1. The van der Waals surface area contributed by atoms with Crippen molar-refractivity contribution < 1.29 is 4.74 Å². The fraction of sp³-hybridized carbons (Fsp3) is 0.0556. The fourth-order valence-corrected chi connectivity index (χ4v) is 2.68. The van der Waals surface area contributed by atoms with Crippen molar-refractivity contribution in [2.24, 2.45) is 0 Å². The number of fused-ring (bicyclic) bond motifs is 3. The number of ether oxygens (including phenoxy) is 1. The van der Waals surface area contributed by atoms with Crippen molar-refractivity contribution in [1.29, 1.82) is 0 Å². The average molecular weight is 273 g/mol. The van der Waals surface area contributed by atoms with E-state index in [1.807, 2.05) is 30.3 Å². The third-order valence-electron chi connectivity index (χ3n) is 3.66. The second-order valence-electron chi connectivity index (χ2n) is 4.89. The van der Waals surface area contributed by atoms with Crippen LogP contribution < -0.4 is 4.74 Å². The fourth-order valence-electron chi connectivity index (χ4n) is 2.68. The van der Waals surface area contributed by atoms with Gasteiger partial charge in [-0.25, -0.2) is 0 Å². The second kappa shape index (κ2) is 4.63. The number of aromatic nitrogens is 2. The van der Waals surface area contributed by atoms with E-state index in [1.54, 1.807) is 13.3 Å². The van der Waals surface area contributed by atoms with Crippen LogP contribution in [0, 0.1) is 6.07 Å². The van der Waals surface area contributed by atoms with Gasteiger partial charge in [-0.05, 0) is 24.3 Å². The quantitative estimate of drug-likeness (QED) is 0.594. The molecule has 0 saturated carbocycles. The number of nitrogens with zero attached hydrogens (tertiary/aromatic N) is 1. The molecule has 2 aromatic heterocycles. The molecule has 0 spiro atoms. The Labute approximate surface area is 122 Å². The van der Waals surface area contributed by atoms with Crippen LogP contribution in [0.2, 0.25) is 0 Å². The summed E-state index contributed by atoms with van der Waals surface area (Å²) >= 11 is 0. The molecule has 0 aliphatic carbocycles. The summed E-state index contributed by atoms with van der Waals surface area (Å²) in [5, 5.41) is 2.32. The summed E-state index contributed by atoms with van der Waals surface area (Å²) < 4.78 is 5.49. The molecule has 1 N–H and O–H groups in total. The van der Waals surface area contributed by atoms with Crippen LogP contribution in [0.15, 0.2) is 54.7 Å². The zero-order chi connectivity index (χ0) is 14.2. The van der Waals surface area contributed by atoms with Gasteiger partial charge in [0, 0.05) is 28.0 Å². The predicted octanol–water partition coefficient (Wildman–Crippen LogP) is 4.19. The Balaban J connectivity index is 2.08. The highest BCUT2D eigenvalue weighted by atomic mass is 16.5. The minimum atomic E-state index is 0.702. The molecule has 2 aromatic carbocycles. The Morgan fingerprint density at radius 3 is 2.71 bits per heavy atom. The van der Waals surface area contributed by atoms with Gasteiger partial charge in [-0.15, -0.1) is 0 Å². The van der Waals surface area contributed by atoms with Gasteiger partial charge in [-0.3, -0.25) is 4.98 Å². The summed E-state index contributed by atoms with van der Waals surface area (Å²) in [5.74, 6) is 0.702. The molecule has 0 amide bonds. The third-order valence-corrected chi connectivity index (χ3v) is 3.66. The van der Waals surface area contributed by atoms with Crippen LogP contribution in [0.4, 0.5) is 0 Å². The zero-order valence-corrected chi connectivity index (χ0v) is 11.6. The van der Waals surface area contributed by atoms with Crippen molar-refractivity contribution in [2.75, 3.05) is 7.11 Å². The van der Waals surface area contributed by atoms with E-state index in [-0.39, 0.29) is 0 Å². The molecule has 2 heterocycles. The predicted molar refractivity (Wildman–Crippen MR) is 84.4 cm³/mol. The molecule has 0 unspecified atom stereocenters. The van der Waals surface area contributed by atoms with Gasteiger partial charge in [0.25, 0.3) is 0 Å². The van der Waals surface area contributed by atoms with Crippen LogP contribution in [0.5, 0.6) is 5.75 Å². The summed E-state index contributed by atoms with van der Waals surface area (Å²) in [6.45, 7) is 0. The summed E-state index contributed by atoms with van der Waals surface area (Å²) in [5.41, 5.74) is 3.89. The second-order valence-corrected chi connectivity index (χ2v) is 4.89. The van der Waals surface area contributed by atoms with Gasteiger partial charge in [-0.2, -0.15) is 0 Å². The van der Waals surface area contributed by atoms with Gasteiger partial charge in [0.15, 0.2) is 0 Å². The van der Waals surface area contributed by atoms with E-state index in [4.69, 9.17) is 4.74 Å². The highest BCUT2D eigenvalue weighted by molar-refractivity contribution is 6.08. The molecule has 4 rings (SSSR count). The first-order valence-corrected chi connectivity index (χ1v) is 6.79. The maximum atomic E-state index is 5.49. The molecule has 0 aliphatic heterocycles. The van der Waals surface area contributed by atoms with Gasteiger partial charge < -0.3 is 9.72 Å². The maximum Gasteiger partial charge on any atom is 0.138 e. The molecule has 101 valence electrons. The third kappa shape index (κ3) is 1.86. The van der Waals surface area contributed by atoms with E-state index in [0.29, 0.717) is 5.75 Å². The van der Waals surface area contributed by atoms with E-state index >= 15 is 0 Å². The van der Waals surface area contributed by atoms with Crippen LogP contribution in [0.1, 0.15) is 0 Å². The minimum Gasteiger partial charge on any atom is -0.495 e. The molecule has 21 heavy (non-hydrogen) atoms. The number of hydrogen-bond donors (Lipinski definition) is 1. The number of hydrogen-bond acceptors (Lipinski definition) is 2. The smallest absolute Gasteiger partial charge is 0.138 e. The van der Waals surface area contributed by atoms with Crippen molar-refractivity contribution in [2.45, 2.75) is 0 Å². The molecule has 0 aliphatic rings. The summed E-state index contributed by atoms with van der Waals surface area (Å²) in [7, 11) is 1.66. The highest BCUT2D eigenvalue weighted by Crippen LogP contribution is 2.35. The van der Waals surface area contributed by atoms with E-state index < -0.39 is 0 Å². The first-order valence-electron chi connectivity index (χ1n) is 6.79. The lowest BCUT2D eigenvalue weighted by Crippen LogP contribution is -1.90. The SMILES string of the molecule is COc1[c]c2[nH]c3ccccc3c2cc1-c1ccccn1. The molecule has 3 nitrogen and oxygen atoms in total. The number of aromatic amines is 1. The van der Waals surface area contributed by atoms with E-state index in [1.165, 1.54) is 5.39 Å².